The molecule has 2 aromatic carbocycles. The zero-order chi connectivity index (χ0) is 14.8. The van der Waals surface area contributed by atoms with Crippen LogP contribution in [0.3, 0.4) is 0 Å². The Bertz CT molecular complexity index is 789. The molecule has 3 aromatic rings. The fourth-order valence-electron chi connectivity index (χ4n) is 2.49. The van der Waals surface area contributed by atoms with Crippen molar-refractivity contribution >= 4 is 26.8 Å². The largest absolute Gasteiger partial charge is 0.309 e. The van der Waals surface area contributed by atoms with E-state index in [-0.39, 0.29) is 11.9 Å². The van der Waals surface area contributed by atoms with Gasteiger partial charge in [0.15, 0.2) is 0 Å². The summed E-state index contributed by atoms with van der Waals surface area (Å²) < 4.78 is 13.9. The Morgan fingerprint density at radius 1 is 1.10 bits per heavy atom. The zero-order valence-corrected chi connectivity index (χ0v) is 13.1. The molecule has 0 aliphatic carbocycles. The number of rotatable bonds is 3. The smallest absolute Gasteiger partial charge is 0.137 e. The van der Waals surface area contributed by atoms with Gasteiger partial charge in [-0.25, -0.2) is 4.39 Å². The minimum Gasteiger partial charge on any atom is -0.309 e. The summed E-state index contributed by atoms with van der Waals surface area (Å²) in [4.78, 5) is 4.33. The van der Waals surface area contributed by atoms with Crippen LogP contribution in [0.1, 0.15) is 17.2 Å². The van der Waals surface area contributed by atoms with Gasteiger partial charge in [0.1, 0.15) is 5.82 Å². The molecule has 1 atom stereocenters. The fraction of sp³-hybridized carbons (Fsp3) is 0.118. The summed E-state index contributed by atoms with van der Waals surface area (Å²) in [6.07, 6.45) is 1.79. The van der Waals surface area contributed by atoms with E-state index in [2.05, 4.69) is 32.3 Å². The van der Waals surface area contributed by atoms with Crippen molar-refractivity contribution in [1.29, 1.82) is 0 Å². The minimum absolute atomic E-state index is 0.00602. The van der Waals surface area contributed by atoms with Gasteiger partial charge in [-0.05, 0) is 64.4 Å². The first-order chi connectivity index (χ1) is 10.2. The first-order valence-electron chi connectivity index (χ1n) is 6.66. The predicted octanol–water partition coefficient (Wildman–Crippen LogP) is 4.45. The van der Waals surface area contributed by atoms with E-state index in [9.17, 15) is 4.39 Å². The fourth-order valence-corrected chi connectivity index (χ4v) is 2.89. The van der Waals surface area contributed by atoms with Crippen LogP contribution in [-0.4, -0.2) is 12.0 Å². The number of pyridine rings is 1. The van der Waals surface area contributed by atoms with Crippen LogP contribution in [0.15, 0.2) is 59.2 Å². The summed E-state index contributed by atoms with van der Waals surface area (Å²) in [7, 11) is 1.90. The SMILES string of the molecule is CNC(c1ccc(F)c(Br)c1)c1ccc2ncccc2c1. The molecule has 1 N–H and O–H groups in total. The molecule has 1 heterocycles. The highest BCUT2D eigenvalue weighted by Gasteiger charge is 2.14. The van der Waals surface area contributed by atoms with Crippen LogP contribution in [0.2, 0.25) is 0 Å². The highest BCUT2D eigenvalue weighted by atomic mass is 79.9. The number of nitrogens with zero attached hydrogens (tertiary/aromatic N) is 1. The molecule has 3 rings (SSSR count). The van der Waals surface area contributed by atoms with Crippen LogP contribution < -0.4 is 5.32 Å². The van der Waals surface area contributed by atoms with Gasteiger partial charge in [-0.1, -0.05) is 18.2 Å². The predicted molar refractivity (Wildman–Crippen MR) is 86.7 cm³/mol. The molecule has 0 amide bonds. The quantitative estimate of drug-likeness (QED) is 0.759. The highest BCUT2D eigenvalue weighted by Crippen LogP contribution is 2.27. The summed E-state index contributed by atoms with van der Waals surface area (Å²) in [5.41, 5.74) is 3.10. The summed E-state index contributed by atoms with van der Waals surface area (Å²) in [5.74, 6) is -0.253. The Kier molecular flexibility index (Phi) is 3.99. The molecule has 21 heavy (non-hydrogen) atoms. The van der Waals surface area contributed by atoms with Gasteiger partial charge < -0.3 is 5.32 Å². The van der Waals surface area contributed by atoms with Crippen molar-refractivity contribution in [2.45, 2.75) is 6.04 Å². The summed E-state index contributed by atoms with van der Waals surface area (Å²) >= 11 is 3.24. The van der Waals surface area contributed by atoms with E-state index < -0.39 is 0 Å². The first-order valence-corrected chi connectivity index (χ1v) is 7.45. The van der Waals surface area contributed by atoms with E-state index in [1.54, 1.807) is 12.3 Å². The lowest BCUT2D eigenvalue weighted by atomic mass is 9.97. The number of benzene rings is 2. The lowest BCUT2D eigenvalue weighted by Crippen LogP contribution is -2.17. The van der Waals surface area contributed by atoms with E-state index in [1.807, 2.05) is 37.4 Å². The molecule has 0 saturated carbocycles. The Morgan fingerprint density at radius 2 is 1.86 bits per heavy atom. The van der Waals surface area contributed by atoms with E-state index in [4.69, 9.17) is 0 Å². The third-order valence-electron chi connectivity index (χ3n) is 3.53. The lowest BCUT2D eigenvalue weighted by molar-refractivity contribution is 0.616. The number of halogens is 2. The zero-order valence-electron chi connectivity index (χ0n) is 11.5. The van der Waals surface area contributed by atoms with Gasteiger partial charge >= 0.3 is 0 Å². The molecule has 1 unspecified atom stereocenters. The maximum absolute atomic E-state index is 13.4. The maximum Gasteiger partial charge on any atom is 0.137 e. The molecule has 0 aliphatic rings. The second-order valence-corrected chi connectivity index (χ2v) is 5.71. The third-order valence-corrected chi connectivity index (χ3v) is 4.13. The lowest BCUT2D eigenvalue weighted by Gasteiger charge is -2.18. The average Bonchev–Trinajstić information content (AvgIpc) is 2.51. The van der Waals surface area contributed by atoms with Crippen molar-refractivity contribution in [2.24, 2.45) is 0 Å². The van der Waals surface area contributed by atoms with Crippen LogP contribution in [0.5, 0.6) is 0 Å². The number of fused-ring (bicyclic) bond motifs is 1. The standard InChI is InChI=1S/C17H14BrFN2/c1-20-17(13-4-6-15(19)14(18)10-13)12-5-7-16-11(9-12)3-2-8-21-16/h2-10,17,20H,1H3. The van der Waals surface area contributed by atoms with Crippen molar-refractivity contribution < 1.29 is 4.39 Å². The second kappa shape index (κ2) is 5.92. The van der Waals surface area contributed by atoms with Crippen LogP contribution in [0.4, 0.5) is 4.39 Å². The molecule has 0 spiro atoms. The van der Waals surface area contributed by atoms with Crippen molar-refractivity contribution in [3.63, 3.8) is 0 Å². The topological polar surface area (TPSA) is 24.9 Å². The van der Waals surface area contributed by atoms with E-state index in [1.165, 1.54) is 6.07 Å². The summed E-state index contributed by atoms with van der Waals surface area (Å²) in [5, 5.41) is 4.38. The molecular formula is C17H14BrFN2. The molecule has 0 radical (unpaired) electrons. The number of hydrogen-bond acceptors (Lipinski definition) is 2. The molecular weight excluding hydrogens is 331 g/mol. The molecule has 0 fully saturated rings. The summed E-state index contributed by atoms with van der Waals surface area (Å²) in [6.45, 7) is 0. The minimum atomic E-state index is -0.253. The number of nitrogens with one attached hydrogen (secondary N) is 1. The van der Waals surface area contributed by atoms with Crippen molar-refractivity contribution in [2.75, 3.05) is 7.05 Å². The van der Waals surface area contributed by atoms with Gasteiger partial charge in [0.2, 0.25) is 0 Å². The van der Waals surface area contributed by atoms with E-state index in [0.717, 1.165) is 22.0 Å². The monoisotopic (exact) mass is 344 g/mol. The normalized spacial score (nSPS) is 12.5. The van der Waals surface area contributed by atoms with E-state index >= 15 is 0 Å². The van der Waals surface area contributed by atoms with Crippen LogP contribution in [-0.2, 0) is 0 Å². The Labute approximate surface area is 131 Å². The Hall–Kier alpha value is -1.78. The Morgan fingerprint density at radius 3 is 2.62 bits per heavy atom. The van der Waals surface area contributed by atoms with Crippen molar-refractivity contribution in [3.05, 3.63) is 76.1 Å². The first kappa shape index (κ1) is 14.2. The molecule has 106 valence electrons. The number of aromatic nitrogens is 1. The van der Waals surface area contributed by atoms with Gasteiger partial charge in [-0.2, -0.15) is 0 Å². The van der Waals surface area contributed by atoms with Gasteiger partial charge in [0, 0.05) is 11.6 Å². The molecule has 1 aromatic heterocycles. The second-order valence-electron chi connectivity index (χ2n) is 4.85. The van der Waals surface area contributed by atoms with E-state index in [0.29, 0.717) is 4.47 Å². The highest BCUT2D eigenvalue weighted by molar-refractivity contribution is 9.10. The molecule has 0 aliphatic heterocycles. The van der Waals surface area contributed by atoms with Gasteiger partial charge in [-0.15, -0.1) is 0 Å². The van der Waals surface area contributed by atoms with Gasteiger partial charge in [0.25, 0.3) is 0 Å². The number of hydrogen-bond donors (Lipinski definition) is 1. The Balaban J connectivity index is 2.06. The average molecular weight is 345 g/mol. The third kappa shape index (κ3) is 2.82. The maximum atomic E-state index is 13.4. The molecule has 0 bridgehead atoms. The van der Waals surface area contributed by atoms with Crippen molar-refractivity contribution in [3.8, 4) is 0 Å². The van der Waals surface area contributed by atoms with Crippen molar-refractivity contribution in [1.82, 2.24) is 10.3 Å². The molecule has 0 saturated heterocycles. The van der Waals surface area contributed by atoms with Gasteiger partial charge in [0.05, 0.1) is 16.0 Å². The van der Waals surface area contributed by atoms with Crippen LogP contribution in [0.25, 0.3) is 10.9 Å². The molecule has 4 heteroatoms. The van der Waals surface area contributed by atoms with Crippen LogP contribution >= 0.6 is 15.9 Å². The summed E-state index contributed by atoms with van der Waals surface area (Å²) in [6, 6.07) is 15.2. The molecule has 2 nitrogen and oxygen atoms in total. The van der Waals surface area contributed by atoms with Crippen LogP contribution in [0, 0.1) is 5.82 Å². The van der Waals surface area contributed by atoms with Gasteiger partial charge in [-0.3, -0.25) is 4.98 Å².